The smallest absolute Gasteiger partial charge is 0.258 e. The molecule has 3 rings (SSSR count). The van der Waals surface area contributed by atoms with Crippen molar-refractivity contribution in [2.45, 2.75) is 21.5 Å². The second-order valence-electron chi connectivity index (χ2n) is 7.56. The Kier molecular flexibility index (Phi) is 8.73. The van der Waals surface area contributed by atoms with Crippen molar-refractivity contribution >= 4 is 57.8 Å². The topological polar surface area (TPSA) is 134 Å². The number of nitrogens with zero attached hydrogens (tertiary/aromatic N) is 4. The molecule has 36 heavy (non-hydrogen) atoms. The molecule has 3 aromatic carbocycles. The Morgan fingerprint density at radius 3 is 1.22 bits per heavy atom. The van der Waals surface area contributed by atoms with E-state index in [0.717, 1.165) is 12.1 Å². The van der Waals surface area contributed by atoms with Crippen molar-refractivity contribution in [2.75, 3.05) is 0 Å². The first-order valence-electron chi connectivity index (χ1n) is 10.1. The zero-order valence-corrected chi connectivity index (χ0v) is 21.0. The largest absolute Gasteiger partial charge is 0.275 e. The molecule has 0 N–H and O–H groups in total. The maximum Gasteiger partial charge on any atom is 0.275 e. The van der Waals surface area contributed by atoms with Gasteiger partial charge in [0.1, 0.15) is 0 Å². The quantitative estimate of drug-likeness (QED) is 0.156. The Morgan fingerprint density at radius 1 is 0.611 bits per heavy atom. The lowest BCUT2D eigenvalue weighted by molar-refractivity contribution is -0.385. The summed E-state index contributed by atoms with van der Waals surface area (Å²) in [4.78, 5) is 21.7. The second-order valence-corrected chi connectivity index (χ2v) is 9.44. The number of nitriles is 2. The van der Waals surface area contributed by atoms with Gasteiger partial charge in [0.15, 0.2) is 0 Å². The molecule has 182 valence electrons. The Balaban J connectivity index is 1.85. The van der Waals surface area contributed by atoms with Gasteiger partial charge < -0.3 is 0 Å². The summed E-state index contributed by atoms with van der Waals surface area (Å²) in [6.45, 7) is 0. The molecular weight excluding hydrogens is 550 g/mol. The number of nitro benzene ring substituents is 2. The molecule has 0 bridgehead atoms. The third-order valence-electron chi connectivity index (χ3n) is 5.39. The predicted octanol–water partition coefficient (Wildman–Crippen LogP) is 7.77. The van der Waals surface area contributed by atoms with E-state index in [2.05, 4.69) is 0 Å². The van der Waals surface area contributed by atoms with Crippen LogP contribution in [-0.4, -0.2) is 9.85 Å². The van der Waals surface area contributed by atoms with Gasteiger partial charge in [0.2, 0.25) is 0 Å². The molecule has 0 saturated carbocycles. The van der Waals surface area contributed by atoms with E-state index in [-0.39, 0.29) is 33.6 Å². The minimum absolute atomic E-state index is 0.121. The number of nitro groups is 2. The van der Waals surface area contributed by atoms with Crippen LogP contribution >= 0.6 is 46.4 Å². The molecule has 0 radical (unpaired) electrons. The van der Waals surface area contributed by atoms with Crippen LogP contribution in [0.5, 0.6) is 0 Å². The molecule has 0 aliphatic heterocycles. The third-order valence-corrected chi connectivity index (χ3v) is 7.63. The Labute approximate surface area is 225 Å². The molecule has 0 unspecified atom stereocenters. The van der Waals surface area contributed by atoms with Crippen molar-refractivity contribution in [3.8, 4) is 12.1 Å². The van der Waals surface area contributed by atoms with Crippen LogP contribution in [0.1, 0.15) is 54.9 Å². The molecule has 0 aromatic heterocycles. The fourth-order valence-corrected chi connectivity index (χ4v) is 4.75. The summed E-state index contributed by atoms with van der Waals surface area (Å²) in [6, 6.07) is 18.1. The van der Waals surface area contributed by atoms with E-state index in [1.807, 2.05) is 12.1 Å². The van der Waals surface area contributed by atoms with Gasteiger partial charge >= 0.3 is 0 Å². The van der Waals surface area contributed by atoms with Crippen molar-refractivity contribution in [3.05, 3.63) is 114 Å². The predicted molar refractivity (Wildman–Crippen MR) is 136 cm³/mol. The van der Waals surface area contributed by atoms with Crippen molar-refractivity contribution in [2.24, 2.45) is 0 Å². The lowest BCUT2D eigenvalue weighted by Gasteiger charge is -2.20. The van der Waals surface area contributed by atoms with Gasteiger partial charge in [0.05, 0.1) is 54.6 Å². The van der Waals surface area contributed by atoms with Crippen LogP contribution in [0.2, 0.25) is 0 Å². The summed E-state index contributed by atoms with van der Waals surface area (Å²) < 4.78 is 0. The fraction of sp³-hybridized carbons (Fsp3) is 0.167. The van der Waals surface area contributed by atoms with E-state index < -0.39 is 31.4 Å². The molecule has 0 saturated heterocycles. The molecule has 0 amide bonds. The first kappa shape index (κ1) is 27.2. The van der Waals surface area contributed by atoms with E-state index in [9.17, 15) is 20.2 Å². The van der Waals surface area contributed by atoms with E-state index in [4.69, 9.17) is 56.9 Å². The molecule has 0 heterocycles. The highest BCUT2D eigenvalue weighted by atomic mass is 35.5. The number of hydrogen-bond acceptors (Lipinski definition) is 6. The molecule has 0 aliphatic rings. The van der Waals surface area contributed by atoms with Gasteiger partial charge in [-0.05, 0) is 35.4 Å². The monoisotopic (exact) mass is 562 g/mol. The number of benzene rings is 3. The lowest BCUT2D eigenvalue weighted by Crippen LogP contribution is -2.06. The average molecular weight is 564 g/mol. The Hall–Kier alpha value is -3.40. The lowest BCUT2D eigenvalue weighted by atomic mass is 9.97. The van der Waals surface area contributed by atoms with Crippen molar-refractivity contribution in [3.63, 3.8) is 0 Å². The summed E-state index contributed by atoms with van der Waals surface area (Å²) in [7, 11) is 0. The van der Waals surface area contributed by atoms with Crippen molar-refractivity contribution in [1.29, 1.82) is 10.5 Å². The fourth-order valence-electron chi connectivity index (χ4n) is 3.53. The zero-order chi connectivity index (χ0) is 26.6. The highest BCUT2D eigenvalue weighted by Crippen LogP contribution is 2.45. The SMILES string of the molecule is N#Cc1ccc([C@@H](Cl)[C@@H](Cl)c2ccc([C@H](Cl)[C@@H](Cl)c3ccc(C#N)cc3[N+](=O)[O-])cc2)c([N+](=O)[O-])c1. The summed E-state index contributed by atoms with van der Waals surface area (Å²) >= 11 is 26.0. The van der Waals surface area contributed by atoms with Gasteiger partial charge in [-0.1, -0.05) is 24.3 Å². The first-order chi connectivity index (χ1) is 17.1. The van der Waals surface area contributed by atoms with Gasteiger partial charge in [0, 0.05) is 23.3 Å². The van der Waals surface area contributed by atoms with Gasteiger partial charge in [-0.25, -0.2) is 0 Å². The van der Waals surface area contributed by atoms with Crippen LogP contribution in [0.4, 0.5) is 11.4 Å². The molecule has 4 atom stereocenters. The van der Waals surface area contributed by atoms with Gasteiger partial charge in [-0.2, -0.15) is 10.5 Å². The van der Waals surface area contributed by atoms with Crippen LogP contribution in [0.25, 0.3) is 0 Å². The minimum atomic E-state index is -0.987. The molecule has 3 aromatic rings. The Bertz CT molecular complexity index is 1300. The molecule has 0 aliphatic carbocycles. The highest BCUT2D eigenvalue weighted by molar-refractivity contribution is 6.31. The molecule has 12 heteroatoms. The molecule has 0 spiro atoms. The van der Waals surface area contributed by atoms with Gasteiger partial charge in [-0.3, -0.25) is 20.2 Å². The van der Waals surface area contributed by atoms with Crippen LogP contribution in [-0.2, 0) is 0 Å². The van der Waals surface area contributed by atoms with Gasteiger partial charge in [-0.15, -0.1) is 46.4 Å². The number of hydrogen-bond donors (Lipinski definition) is 0. The summed E-state index contributed by atoms with van der Waals surface area (Å²) in [5, 5.41) is 37.2. The maximum atomic E-state index is 11.5. The minimum Gasteiger partial charge on any atom is -0.258 e. The number of alkyl halides is 4. The van der Waals surface area contributed by atoms with E-state index >= 15 is 0 Å². The first-order valence-corrected chi connectivity index (χ1v) is 11.9. The maximum absolute atomic E-state index is 11.5. The highest BCUT2D eigenvalue weighted by Gasteiger charge is 2.30. The third kappa shape index (κ3) is 5.70. The van der Waals surface area contributed by atoms with Crippen LogP contribution in [0, 0.1) is 42.9 Å². The van der Waals surface area contributed by atoms with E-state index in [0.29, 0.717) is 11.1 Å². The number of rotatable bonds is 8. The average Bonchev–Trinajstić information content (AvgIpc) is 2.90. The van der Waals surface area contributed by atoms with Crippen LogP contribution < -0.4 is 0 Å². The molecule has 0 fully saturated rings. The molecular formula is C24H14Cl4N4O4. The number of halogens is 4. The molecule has 8 nitrogen and oxygen atoms in total. The van der Waals surface area contributed by atoms with E-state index in [1.165, 1.54) is 24.3 Å². The standard InChI is InChI=1S/C24H14Cl4N4O4/c25-21(23(27)17-7-1-13(11-29)9-19(17)31(33)34)15-3-5-16(6-4-15)22(26)24(28)18-8-2-14(12-30)10-20(18)32(35)36/h1-10,21-24H/t21-,22-,23-,24+/m0/s1. The Morgan fingerprint density at radius 2 is 0.944 bits per heavy atom. The summed E-state index contributed by atoms with van der Waals surface area (Å²) in [5.74, 6) is 0. The summed E-state index contributed by atoms with van der Waals surface area (Å²) in [5.41, 5.74) is 1.02. The second kappa shape index (κ2) is 11.6. The van der Waals surface area contributed by atoms with Crippen LogP contribution in [0.15, 0.2) is 60.7 Å². The van der Waals surface area contributed by atoms with E-state index in [1.54, 1.807) is 24.3 Å². The van der Waals surface area contributed by atoms with Crippen molar-refractivity contribution < 1.29 is 9.85 Å². The van der Waals surface area contributed by atoms with Gasteiger partial charge in [0.25, 0.3) is 11.4 Å². The zero-order valence-electron chi connectivity index (χ0n) is 18.0. The summed E-state index contributed by atoms with van der Waals surface area (Å²) in [6.07, 6.45) is 0. The normalized spacial score (nSPS) is 14.1. The van der Waals surface area contributed by atoms with Crippen molar-refractivity contribution in [1.82, 2.24) is 0 Å². The van der Waals surface area contributed by atoms with Crippen LogP contribution in [0.3, 0.4) is 0 Å².